The van der Waals surface area contributed by atoms with Crippen LogP contribution in [0.3, 0.4) is 0 Å². The zero-order valence-corrected chi connectivity index (χ0v) is 19.4. The Labute approximate surface area is 162 Å². The Hall–Kier alpha value is 0.770. The van der Waals surface area contributed by atoms with Gasteiger partial charge in [0.25, 0.3) is 0 Å². The van der Waals surface area contributed by atoms with Crippen molar-refractivity contribution < 1.29 is 41.5 Å². The molecule has 2 rings (SSSR count). The van der Waals surface area contributed by atoms with E-state index in [0.717, 1.165) is 0 Å². The van der Waals surface area contributed by atoms with Gasteiger partial charge < -0.3 is 9.05 Å². The van der Waals surface area contributed by atoms with Gasteiger partial charge in [-0.25, -0.2) is 0 Å². The highest BCUT2D eigenvalue weighted by molar-refractivity contribution is 7.60. The van der Waals surface area contributed by atoms with Gasteiger partial charge in [0.2, 0.25) is 0 Å². The molecule has 2 saturated heterocycles. The lowest BCUT2D eigenvalue weighted by molar-refractivity contribution is -0.0394. The molecule has 0 radical (unpaired) electrons. The average Bonchev–Trinajstić information content (AvgIpc) is 2.61. The highest BCUT2D eigenvalue weighted by Gasteiger charge is 2.50. The van der Waals surface area contributed by atoms with Crippen LogP contribution >= 0.6 is 23.5 Å². The van der Waals surface area contributed by atoms with Crippen LogP contribution in [0, 0.1) is 10.8 Å². The molecule has 2 aliphatic heterocycles. The van der Waals surface area contributed by atoms with Crippen molar-refractivity contribution in [3.8, 4) is 0 Å². The fourth-order valence-corrected chi connectivity index (χ4v) is 5.80. The van der Waals surface area contributed by atoms with Crippen LogP contribution < -0.4 is 0 Å². The third-order valence-electron chi connectivity index (χ3n) is 5.15. The predicted molar refractivity (Wildman–Crippen MR) is 105 cm³/mol. The Balaban J connectivity index is 1.88. The second kappa shape index (κ2) is 8.87. The number of hydrogen-bond donors (Lipinski definition) is 2. The topological polar surface area (TPSA) is 113 Å². The van der Waals surface area contributed by atoms with Crippen LogP contribution in [0.5, 0.6) is 0 Å². The molecule has 12 heteroatoms. The molecule has 2 fully saturated rings. The minimum Gasteiger partial charge on any atom is -0.308 e. The molecule has 0 aromatic heterocycles. The zero-order valence-electron chi connectivity index (χ0n) is 16.8. The van der Waals surface area contributed by atoms with Crippen LogP contribution in [-0.2, 0) is 31.7 Å². The van der Waals surface area contributed by atoms with Gasteiger partial charge in [-0.05, 0) is 12.8 Å². The maximum Gasteiger partial charge on any atom is 0.405 e. The van der Waals surface area contributed by atoms with Crippen LogP contribution in [0.15, 0.2) is 0 Å². The minimum absolute atomic E-state index is 0.143. The molecule has 9 nitrogen and oxygen atoms in total. The summed E-state index contributed by atoms with van der Waals surface area (Å²) < 4.78 is 45.7. The maximum absolute atomic E-state index is 12.8. The molecule has 0 aromatic rings. The van der Waals surface area contributed by atoms with E-state index in [9.17, 15) is 14.4 Å². The monoisotopic (exact) mass is 450 g/mol. The van der Waals surface area contributed by atoms with E-state index in [2.05, 4.69) is 0 Å². The first-order valence-corrected chi connectivity index (χ1v) is 15.0. The van der Waals surface area contributed by atoms with E-state index in [-0.39, 0.29) is 39.6 Å². The SMILES string of the molecule is CCC1(COP(C)(=O)OCC2(CC)CO[P+](C)(O)OC2)CO[P+](C)(O)OC1. The minimum atomic E-state index is -3.33. The van der Waals surface area contributed by atoms with E-state index in [1.807, 2.05) is 13.8 Å². The molecule has 27 heavy (non-hydrogen) atoms. The summed E-state index contributed by atoms with van der Waals surface area (Å²) in [5.74, 6) is 0. The molecule has 0 bridgehead atoms. The molecule has 0 aromatic carbocycles. The van der Waals surface area contributed by atoms with E-state index >= 15 is 0 Å². The highest BCUT2D eigenvalue weighted by Crippen LogP contribution is 2.60. The first kappa shape index (κ1) is 24.0. The van der Waals surface area contributed by atoms with E-state index in [4.69, 9.17) is 27.1 Å². The van der Waals surface area contributed by atoms with Crippen molar-refractivity contribution in [2.45, 2.75) is 26.7 Å². The Kier molecular flexibility index (Phi) is 7.90. The van der Waals surface area contributed by atoms with Gasteiger partial charge in [0.05, 0.1) is 13.2 Å². The van der Waals surface area contributed by atoms with Crippen LogP contribution in [-0.4, -0.2) is 69.4 Å². The fourth-order valence-electron chi connectivity index (χ4n) is 2.51. The van der Waals surface area contributed by atoms with Crippen molar-refractivity contribution in [2.75, 3.05) is 59.6 Å². The molecule has 0 saturated carbocycles. The Morgan fingerprint density at radius 2 is 1.15 bits per heavy atom. The molecule has 160 valence electrons. The Bertz CT molecular complexity index is 491. The number of rotatable bonds is 8. The van der Waals surface area contributed by atoms with E-state index in [1.54, 1.807) is 13.3 Å². The molecule has 0 unspecified atom stereocenters. The molecule has 0 aliphatic carbocycles. The summed E-state index contributed by atoms with van der Waals surface area (Å²) in [5, 5.41) is 0. The van der Waals surface area contributed by atoms with Crippen molar-refractivity contribution in [2.24, 2.45) is 10.8 Å². The zero-order chi connectivity index (χ0) is 20.4. The van der Waals surface area contributed by atoms with Crippen LogP contribution in [0.1, 0.15) is 26.7 Å². The van der Waals surface area contributed by atoms with Gasteiger partial charge in [-0.3, -0.25) is 4.57 Å². The molecular formula is C15H33O9P3+2. The summed E-state index contributed by atoms with van der Waals surface area (Å²) in [6.07, 6.45) is 1.37. The molecule has 2 N–H and O–H groups in total. The van der Waals surface area contributed by atoms with Crippen LogP contribution in [0.4, 0.5) is 0 Å². The lowest BCUT2D eigenvalue weighted by Gasteiger charge is -2.37. The summed E-state index contributed by atoms with van der Waals surface area (Å²) in [5.41, 5.74) is -0.945. The average molecular weight is 450 g/mol. The normalized spacial score (nSPS) is 42.6. The largest absolute Gasteiger partial charge is 0.405 e. The Morgan fingerprint density at radius 3 is 1.41 bits per heavy atom. The van der Waals surface area contributed by atoms with Gasteiger partial charge in [-0.15, -0.1) is 0 Å². The van der Waals surface area contributed by atoms with E-state index < -0.39 is 34.3 Å². The molecule has 0 spiro atoms. The first-order valence-electron chi connectivity index (χ1n) is 8.99. The lowest BCUT2D eigenvalue weighted by Crippen LogP contribution is -2.41. The fraction of sp³-hybridized carbons (Fsp3) is 1.00. The maximum atomic E-state index is 12.8. The molecule has 0 amide bonds. The van der Waals surface area contributed by atoms with Gasteiger partial charge in [-0.1, -0.05) is 13.8 Å². The Morgan fingerprint density at radius 1 is 0.852 bits per heavy atom. The van der Waals surface area contributed by atoms with Crippen molar-refractivity contribution >= 4 is 23.5 Å². The van der Waals surface area contributed by atoms with Crippen molar-refractivity contribution in [1.29, 1.82) is 0 Å². The summed E-state index contributed by atoms with van der Waals surface area (Å²) in [4.78, 5) is 19.7. The summed E-state index contributed by atoms with van der Waals surface area (Å²) in [6, 6.07) is 0. The van der Waals surface area contributed by atoms with Crippen molar-refractivity contribution in [1.82, 2.24) is 0 Å². The van der Waals surface area contributed by atoms with Gasteiger partial charge >= 0.3 is 23.5 Å². The lowest BCUT2D eigenvalue weighted by atomic mass is 9.88. The molecule has 0 atom stereocenters. The quantitative estimate of drug-likeness (QED) is 0.537. The molecule has 2 heterocycles. The predicted octanol–water partition coefficient (Wildman–Crippen LogP) is 3.50. The van der Waals surface area contributed by atoms with Crippen molar-refractivity contribution in [3.63, 3.8) is 0 Å². The smallest absolute Gasteiger partial charge is 0.308 e. The second-order valence-electron chi connectivity index (χ2n) is 7.73. The summed E-state index contributed by atoms with van der Waals surface area (Å²) in [7, 11) is -8.83. The van der Waals surface area contributed by atoms with Crippen LogP contribution in [0.2, 0.25) is 0 Å². The van der Waals surface area contributed by atoms with Gasteiger partial charge in [0.15, 0.2) is 0 Å². The second-order valence-corrected chi connectivity index (χ2v) is 14.0. The van der Waals surface area contributed by atoms with E-state index in [1.165, 1.54) is 6.66 Å². The third kappa shape index (κ3) is 6.91. The van der Waals surface area contributed by atoms with Gasteiger partial charge in [0, 0.05) is 17.5 Å². The van der Waals surface area contributed by atoms with Gasteiger partial charge in [0.1, 0.15) is 39.8 Å². The molecular weight excluding hydrogens is 417 g/mol. The van der Waals surface area contributed by atoms with Gasteiger partial charge in [-0.2, -0.15) is 27.9 Å². The highest BCUT2D eigenvalue weighted by atomic mass is 31.2. The standard InChI is InChI=1S/C15H33O9P3/c1-6-14(8-19-25(3,16)20-9-14)12-23-27(5,18)24-13-15(7-2)10-21-26(4,17)22-11-15/h16-17H,6-13H2,1-5H3/q+2. The van der Waals surface area contributed by atoms with Crippen LogP contribution in [0.25, 0.3) is 0 Å². The summed E-state index contributed by atoms with van der Waals surface area (Å²) >= 11 is 0. The third-order valence-corrected chi connectivity index (χ3v) is 8.78. The molecule has 2 aliphatic rings. The van der Waals surface area contributed by atoms with Crippen molar-refractivity contribution in [3.05, 3.63) is 0 Å². The van der Waals surface area contributed by atoms with E-state index in [0.29, 0.717) is 12.8 Å². The number of hydrogen-bond acceptors (Lipinski definition) is 9. The first-order chi connectivity index (χ1) is 12.4. The summed E-state index contributed by atoms with van der Waals surface area (Å²) in [6.45, 7) is 9.86.